The van der Waals surface area contributed by atoms with Crippen LogP contribution in [0.25, 0.3) is 10.9 Å². The fourth-order valence-corrected chi connectivity index (χ4v) is 2.23. The summed E-state index contributed by atoms with van der Waals surface area (Å²) in [6.07, 6.45) is 2.27. The van der Waals surface area contributed by atoms with Crippen molar-refractivity contribution in [3.05, 3.63) is 36.0 Å². The molecular formula is C15H20N4O2. The molecule has 0 saturated carbocycles. The second-order valence-electron chi connectivity index (χ2n) is 5.01. The second-order valence-corrected chi connectivity index (χ2v) is 5.01. The number of hydrogen-bond acceptors (Lipinski definition) is 3. The van der Waals surface area contributed by atoms with Gasteiger partial charge in [-0.15, -0.1) is 0 Å². The van der Waals surface area contributed by atoms with Gasteiger partial charge in [-0.3, -0.25) is 9.59 Å². The maximum Gasteiger partial charge on any atom is 0.242 e. The van der Waals surface area contributed by atoms with Crippen LogP contribution in [0, 0.1) is 0 Å². The number of amides is 2. The maximum atomic E-state index is 12.0. The number of nitrogens with two attached hydrogens (primary N) is 1. The van der Waals surface area contributed by atoms with Crippen LogP contribution in [-0.4, -0.2) is 35.9 Å². The van der Waals surface area contributed by atoms with E-state index in [-0.39, 0.29) is 11.8 Å². The number of carbonyl (C=O) groups excluding carboxylic acids is 2. The van der Waals surface area contributed by atoms with Crippen molar-refractivity contribution in [3.63, 3.8) is 0 Å². The number of para-hydroxylation sites is 1. The molecule has 0 spiro atoms. The van der Waals surface area contributed by atoms with Gasteiger partial charge in [-0.25, -0.2) is 0 Å². The Labute approximate surface area is 123 Å². The highest BCUT2D eigenvalue weighted by atomic mass is 16.2. The number of H-pyrrole nitrogens is 1. The highest BCUT2D eigenvalue weighted by molar-refractivity contribution is 5.90. The molecule has 0 aliphatic rings. The van der Waals surface area contributed by atoms with Crippen molar-refractivity contribution in [2.24, 2.45) is 5.73 Å². The SMILES string of the molecule is CNC(=O)C(C)NC(=O)[C@@H](N)Cc1c[nH]c2ccccc12. The van der Waals surface area contributed by atoms with Crippen LogP contribution >= 0.6 is 0 Å². The first-order valence-corrected chi connectivity index (χ1v) is 6.85. The molecule has 0 aliphatic heterocycles. The summed E-state index contributed by atoms with van der Waals surface area (Å²) in [7, 11) is 1.52. The van der Waals surface area contributed by atoms with E-state index in [2.05, 4.69) is 15.6 Å². The standard InChI is InChI=1S/C15H20N4O2/c1-9(14(20)17-2)19-15(21)12(16)7-10-8-18-13-6-4-3-5-11(10)13/h3-6,8-9,12,18H,7,16H2,1-2H3,(H,17,20)(H,19,21)/t9?,12-/m0/s1. The van der Waals surface area contributed by atoms with Crippen LogP contribution in [0.1, 0.15) is 12.5 Å². The summed E-state index contributed by atoms with van der Waals surface area (Å²) in [6.45, 7) is 1.62. The third-order valence-corrected chi connectivity index (χ3v) is 3.45. The Bertz CT molecular complexity index is 650. The molecule has 2 aromatic rings. The normalized spacial score (nSPS) is 13.7. The van der Waals surface area contributed by atoms with Gasteiger partial charge in [0.25, 0.3) is 0 Å². The van der Waals surface area contributed by atoms with Crippen molar-refractivity contribution >= 4 is 22.7 Å². The van der Waals surface area contributed by atoms with Gasteiger partial charge in [-0.1, -0.05) is 18.2 Å². The molecule has 2 amide bonds. The molecule has 1 unspecified atom stereocenters. The maximum absolute atomic E-state index is 12.0. The molecule has 6 heteroatoms. The van der Waals surface area contributed by atoms with E-state index in [1.165, 1.54) is 7.05 Å². The number of fused-ring (bicyclic) bond motifs is 1. The number of benzene rings is 1. The molecule has 0 fully saturated rings. The van der Waals surface area contributed by atoms with Gasteiger partial charge >= 0.3 is 0 Å². The monoisotopic (exact) mass is 288 g/mol. The number of aromatic amines is 1. The van der Waals surface area contributed by atoms with E-state index >= 15 is 0 Å². The molecule has 2 rings (SSSR count). The van der Waals surface area contributed by atoms with Crippen LogP contribution in [0.15, 0.2) is 30.5 Å². The van der Waals surface area contributed by atoms with Crippen molar-refractivity contribution in [2.75, 3.05) is 7.05 Å². The Hall–Kier alpha value is -2.34. The number of likely N-dealkylation sites (N-methyl/N-ethyl adjacent to an activating group) is 1. The van der Waals surface area contributed by atoms with Gasteiger partial charge in [-0.05, 0) is 25.0 Å². The van der Waals surface area contributed by atoms with Crippen LogP contribution in [0.4, 0.5) is 0 Å². The van der Waals surface area contributed by atoms with E-state index in [9.17, 15) is 9.59 Å². The van der Waals surface area contributed by atoms with E-state index in [0.29, 0.717) is 6.42 Å². The summed E-state index contributed by atoms with van der Waals surface area (Å²) < 4.78 is 0. The molecule has 1 aromatic carbocycles. The lowest BCUT2D eigenvalue weighted by Crippen LogP contribution is -2.50. The van der Waals surface area contributed by atoms with E-state index in [0.717, 1.165) is 16.5 Å². The van der Waals surface area contributed by atoms with Crippen molar-refractivity contribution in [3.8, 4) is 0 Å². The zero-order chi connectivity index (χ0) is 15.4. The van der Waals surface area contributed by atoms with E-state index < -0.39 is 12.1 Å². The van der Waals surface area contributed by atoms with Gasteiger partial charge in [0.2, 0.25) is 11.8 Å². The molecule has 1 aromatic heterocycles. The number of rotatable bonds is 5. The van der Waals surface area contributed by atoms with Gasteiger partial charge in [0.05, 0.1) is 6.04 Å². The average Bonchev–Trinajstić information content (AvgIpc) is 2.89. The number of carbonyl (C=O) groups is 2. The molecule has 2 atom stereocenters. The first-order chi connectivity index (χ1) is 10.0. The van der Waals surface area contributed by atoms with Gasteiger partial charge in [-0.2, -0.15) is 0 Å². The fraction of sp³-hybridized carbons (Fsp3) is 0.333. The van der Waals surface area contributed by atoms with Crippen molar-refractivity contribution < 1.29 is 9.59 Å². The van der Waals surface area contributed by atoms with Crippen molar-refractivity contribution in [2.45, 2.75) is 25.4 Å². The number of hydrogen-bond donors (Lipinski definition) is 4. The third-order valence-electron chi connectivity index (χ3n) is 3.45. The van der Waals surface area contributed by atoms with Crippen LogP contribution in [0.5, 0.6) is 0 Å². The van der Waals surface area contributed by atoms with E-state index in [1.54, 1.807) is 6.92 Å². The zero-order valence-electron chi connectivity index (χ0n) is 12.1. The highest BCUT2D eigenvalue weighted by Crippen LogP contribution is 2.18. The summed E-state index contributed by atoms with van der Waals surface area (Å²) in [5, 5.41) is 6.14. The summed E-state index contributed by atoms with van der Waals surface area (Å²) >= 11 is 0. The number of nitrogens with one attached hydrogen (secondary N) is 3. The van der Waals surface area contributed by atoms with Crippen molar-refractivity contribution in [1.29, 1.82) is 0 Å². The molecule has 21 heavy (non-hydrogen) atoms. The molecule has 1 heterocycles. The van der Waals surface area contributed by atoms with Crippen LogP contribution in [0.2, 0.25) is 0 Å². The average molecular weight is 288 g/mol. The lowest BCUT2D eigenvalue weighted by atomic mass is 10.0. The van der Waals surface area contributed by atoms with Crippen LogP contribution < -0.4 is 16.4 Å². The fourth-order valence-electron chi connectivity index (χ4n) is 2.23. The predicted octanol–water partition coefficient (Wildman–Crippen LogP) is 0.288. The molecule has 0 saturated heterocycles. The highest BCUT2D eigenvalue weighted by Gasteiger charge is 2.20. The number of aromatic nitrogens is 1. The van der Waals surface area contributed by atoms with Gasteiger partial charge in [0.1, 0.15) is 6.04 Å². The summed E-state index contributed by atoms with van der Waals surface area (Å²) in [4.78, 5) is 26.5. The topological polar surface area (TPSA) is 100 Å². The Balaban J connectivity index is 2.02. The summed E-state index contributed by atoms with van der Waals surface area (Å²) in [5.41, 5.74) is 7.93. The first-order valence-electron chi connectivity index (χ1n) is 6.85. The van der Waals surface area contributed by atoms with Crippen LogP contribution in [-0.2, 0) is 16.0 Å². The quantitative estimate of drug-likeness (QED) is 0.636. The molecule has 0 bridgehead atoms. The van der Waals surface area contributed by atoms with Crippen molar-refractivity contribution in [1.82, 2.24) is 15.6 Å². The molecule has 5 N–H and O–H groups in total. The van der Waals surface area contributed by atoms with Gasteiger partial charge in [0.15, 0.2) is 0 Å². The third kappa shape index (κ3) is 3.41. The minimum Gasteiger partial charge on any atom is -0.361 e. The zero-order valence-corrected chi connectivity index (χ0v) is 12.1. The Morgan fingerprint density at radius 2 is 2.00 bits per heavy atom. The lowest BCUT2D eigenvalue weighted by molar-refractivity contribution is -0.128. The molecule has 6 nitrogen and oxygen atoms in total. The first kappa shape index (κ1) is 15.1. The Kier molecular flexibility index (Phi) is 4.59. The summed E-state index contributed by atoms with van der Waals surface area (Å²) in [5.74, 6) is -0.584. The smallest absolute Gasteiger partial charge is 0.242 e. The molecule has 0 aliphatic carbocycles. The summed E-state index contributed by atoms with van der Waals surface area (Å²) in [6, 6.07) is 6.55. The molecular weight excluding hydrogens is 268 g/mol. The Morgan fingerprint density at radius 1 is 1.29 bits per heavy atom. The van der Waals surface area contributed by atoms with Gasteiger partial charge in [0, 0.05) is 24.1 Å². The van der Waals surface area contributed by atoms with Gasteiger partial charge < -0.3 is 21.4 Å². The minimum absolute atomic E-state index is 0.248. The van der Waals surface area contributed by atoms with Crippen LogP contribution in [0.3, 0.4) is 0 Å². The Morgan fingerprint density at radius 3 is 2.71 bits per heavy atom. The molecule has 0 radical (unpaired) electrons. The molecule has 112 valence electrons. The predicted molar refractivity (Wildman–Crippen MR) is 81.6 cm³/mol. The largest absolute Gasteiger partial charge is 0.361 e. The minimum atomic E-state index is -0.698. The lowest BCUT2D eigenvalue weighted by Gasteiger charge is -2.16. The van der Waals surface area contributed by atoms with E-state index in [1.807, 2.05) is 30.5 Å². The van der Waals surface area contributed by atoms with E-state index in [4.69, 9.17) is 5.73 Å². The second kappa shape index (κ2) is 6.41.